The molecule has 0 saturated carbocycles. The zero-order valence-electron chi connectivity index (χ0n) is 17.3. The van der Waals surface area contributed by atoms with Gasteiger partial charge in [0.25, 0.3) is 17.7 Å². The predicted molar refractivity (Wildman–Crippen MR) is 109 cm³/mol. The van der Waals surface area contributed by atoms with Crippen LogP contribution in [0.15, 0.2) is 24.3 Å². The van der Waals surface area contributed by atoms with Crippen LogP contribution in [0, 0.1) is 5.92 Å². The van der Waals surface area contributed by atoms with E-state index in [1.54, 1.807) is 6.92 Å². The lowest BCUT2D eigenvalue weighted by molar-refractivity contribution is -0.148. The third-order valence-corrected chi connectivity index (χ3v) is 4.86. The molecule has 0 aliphatic rings. The molecule has 4 amide bonds. The molecule has 0 aliphatic heterocycles. The molecule has 29 heavy (non-hydrogen) atoms. The number of hydrogen-bond acceptors (Lipinski definition) is 5. The summed E-state index contributed by atoms with van der Waals surface area (Å²) in [5.41, 5.74) is 5.63. The molecule has 2 atom stereocenters. The summed E-state index contributed by atoms with van der Waals surface area (Å²) in [5, 5.41) is 11.9. The standard InChI is InChI=1S/C21H31N3O5/c1-4-6-7-11-24(17(26)13-25)21(29)18(14(3)5-2)23-20(28)16-10-8-9-15(12-16)19(22)27/h8-10,12,14,18,25H,4-7,11,13H2,1-3H3,(H2,22,27)(H,23,28)/t14?,18-/m0/s1. The second kappa shape index (κ2) is 12.0. The number of aliphatic hydroxyl groups is 1. The Morgan fingerprint density at radius 3 is 2.34 bits per heavy atom. The first kappa shape index (κ1) is 24.3. The molecule has 160 valence electrons. The summed E-state index contributed by atoms with van der Waals surface area (Å²) >= 11 is 0. The van der Waals surface area contributed by atoms with Gasteiger partial charge in [-0.15, -0.1) is 0 Å². The summed E-state index contributed by atoms with van der Waals surface area (Å²) in [7, 11) is 0. The number of nitrogens with two attached hydrogens (primary N) is 1. The van der Waals surface area contributed by atoms with Crippen molar-refractivity contribution < 1.29 is 24.3 Å². The molecule has 0 bridgehead atoms. The fraction of sp³-hybridized carbons (Fsp3) is 0.524. The van der Waals surface area contributed by atoms with E-state index in [1.165, 1.54) is 24.3 Å². The van der Waals surface area contributed by atoms with E-state index in [4.69, 9.17) is 5.73 Å². The Labute approximate surface area is 171 Å². The lowest BCUT2D eigenvalue weighted by Crippen LogP contribution is -2.54. The number of nitrogens with one attached hydrogen (secondary N) is 1. The maximum atomic E-state index is 13.1. The largest absolute Gasteiger partial charge is 0.387 e. The van der Waals surface area contributed by atoms with Gasteiger partial charge in [0, 0.05) is 17.7 Å². The van der Waals surface area contributed by atoms with E-state index in [-0.39, 0.29) is 23.6 Å². The number of aliphatic hydroxyl groups excluding tert-OH is 1. The van der Waals surface area contributed by atoms with Crippen LogP contribution in [0.1, 0.15) is 67.2 Å². The summed E-state index contributed by atoms with van der Waals surface area (Å²) in [6.45, 7) is 5.09. The summed E-state index contributed by atoms with van der Waals surface area (Å²) in [4.78, 5) is 50.3. The highest BCUT2D eigenvalue weighted by Crippen LogP contribution is 2.14. The molecular weight excluding hydrogens is 374 g/mol. The fourth-order valence-corrected chi connectivity index (χ4v) is 2.85. The van der Waals surface area contributed by atoms with Crippen LogP contribution in [0.2, 0.25) is 0 Å². The monoisotopic (exact) mass is 405 g/mol. The molecule has 1 rings (SSSR count). The molecule has 0 radical (unpaired) electrons. The van der Waals surface area contributed by atoms with Crippen LogP contribution in [-0.2, 0) is 9.59 Å². The third kappa shape index (κ3) is 6.98. The van der Waals surface area contributed by atoms with Crippen LogP contribution in [0.4, 0.5) is 0 Å². The topological polar surface area (TPSA) is 130 Å². The summed E-state index contributed by atoms with van der Waals surface area (Å²) in [6, 6.07) is 4.94. The van der Waals surface area contributed by atoms with Gasteiger partial charge in [0.15, 0.2) is 0 Å². The van der Waals surface area contributed by atoms with Gasteiger partial charge in [-0.1, -0.05) is 46.1 Å². The second-order valence-electron chi connectivity index (χ2n) is 7.03. The van der Waals surface area contributed by atoms with E-state index in [1.807, 2.05) is 13.8 Å². The lowest BCUT2D eigenvalue weighted by atomic mass is 9.96. The molecule has 8 heteroatoms. The van der Waals surface area contributed by atoms with Crippen molar-refractivity contribution in [3.63, 3.8) is 0 Å². The Morgan fingerprint density at radius 2 is 1.79 bits per heavy atom. The smallest absolute Gasteiger partial charge is 0.254 e. The average molecular weight is 405 g/mol. The minimum atomic E-state index is -0.943. The van der Waals surface area contributed by atoms with Crippen molar-refractivity contribution >= 4 is 23.6 Å². The zero-order chi connectivity index (χ0) is 22.0. The zero-order valence-corrected chi connectivity index (χ0v) is 17.3. The molecule has 4 N–H and O–H groups in total. The van der Waals surface area contributed by atoms with Gasteiger partial charge in [-0.2, -0.15) is 0 Å². The number of rotatable bonds is 11. The number of carbonyl (C=O) groups is 4. The average Bonchev–Trinajstić information content (AvgIpc) is 2.73. The maximum absolute atomic E-state index is 13.1. The lowest BCUT2D eigenvalue weighted by Gasteiger charge is -2.29. The van der Waals surface area contributed by atoms with Gasteiger partial charge in [-0.05, 0) is 30.5 Å². The van der Waals surface area contributed by atoms with Crippen LogP contribution >= 0.6 is 0 Å². The minimum Gasteiger partial charge on any atom is -0.387 e. The van der Waals surface area contributed by atoms with E-state index in [0.29, 0.717) is 12.8 Å². The van der Waals surface area contributed by atoms with Crippen LogP contribution in [-0.4, -0.2) is 52.8 Å². The fourth-order valence-electron chi connectivity index (χ4n) is 2.85. The molecule has 8 nitrogen and oxygen atoms in total. The van der Waals surface area contributed by atoms with Gasteiger partial charge in [0.2, 0.25) is 5.91 Å². The van der Waals surface area contributed by atoms with Gasteiger partial charge in [0.1, 0.15) is 12.6 Å². The Kier molecular flexibility index (Phi) is 10.0. The van der Waals surface area contributed by atoms with Gasteiger partial charge in [-0.25, -0.2) is 0 Å². The van der Waals surface area contributed by atoms with Crippen LogP contribution in [0.3, 0.4) is 0 Å². The minimum absolute atomic E-state index is 0.181. The number of amides is 4. The van der Waals surface area contributed by atoms with Crippen LogP contribution in [0.5, 0.6) is 0 Å². The van der Waals surface area contributed by atoms with Crippen molar-refractivity contribution in [3.8, 4) is 0 Å². The van der Waals surface area contributed by atoms with Crippen molar-refractivity contribution in [1.29, 1.82) is 0 Å². The van der Waals surface area contributed by atoms with Crippen LogP contribution < -0.4 is 11.1 Å². The molecule has 1 unspecified atom stereocenters. The van der Waals surface area contributed by atoms with Crippen molar-refractivity contribution in [2.24, 2.45) is 11.7 Å². The number of hydrogen-bond donors (Lipinski definition) is 3. The molecule has 0 aromatic heterocycles. The highest BCUT2D eigenvalue weighted by molar-refractivity contribution is 6.03. The predicted octanol–water partition coefficient (Wildman–Crippen LogP) is 1.47. The summed E-state index contributed by atoms with van der Waals surface area (Å²) < 4.78 is 0. The first-order valence-corrected chi connectivity index (χ1v) is 9.92. The van der Waals surface area contributed by atoms with Gasteiger partial charge in [-0.3, -0.25) is 24.1 Å². The van der Waals surface area contributed by atoms with E-state index in [9.17, 15) is 24.3 Å². The molecule has 0 fully saturated rings. The molecule has 1 aromatic rings. The molecule has 1 aromatic carbocycles. The third-order valence-electron chi connectivity index (χ3n) is 4.86. The molecule has 0 heterocycles. The summed E-state index contributed by atoms with van der Waals surface area (Å²) in [6.07, 6.45) is 2.96. The van der Waals surface area contributed by atoms with Crippen LogP contribution in [0.25, 0.3) is 0 Å². The number of carbonyl (C=O) groups excluding carboxylic acids is 4. The number of benzene rings is 1. The number of primary amides is 1. The Morgan fingerprint density at radius 1 is 1.14 bits per heavy atom. The molecule has 0 saturated heterocycles. The number of nitrogens with zero attached hydrogens (tertiary/aromatic N) is 1. The normalized spacial score (nSPS) is 12.7. The second-order valence-corrected chi connectivity index (χ2v) is 7.03. The van der Waals surface area contributed by atoms with Gasteiger partial charge < -0.3 is 16.2 Å². The van der Waals surface area contributed by atoms with Crippen molar-refractivity contribution in [1.82, 2.24) is 10.2 Å². The van der Waals surface area contributed by atoms with Gasteiger partial charge >= 0.3 is 0 Å². The van der Waals surface area contributed by atoms with E-state index >= 15 is 0 Å². The van der Waals surface area contributed by atoms with Gasteiger partial charge in [0.05, 0.1) is 0 Å². The molecular formula is C21H31N3O5. The van der Waals surface area contributed by atoms with E-state index < -0.39 is 36.3 Å². The van der Waals surface area contributed by atoms with E-state index in [2.05, 4.69) is 5.32 Å². The van der Waals surface area contributed by atoms with Crippen molar-refractivity contribution in [3.05, 3.63) is 35.4 Å². The first-order valence-electron chi connectivity index (χ1n) is 9.92. The van der Waals surface area contributed by atoms with Crippen molar-refractivity contribution in [2.45, 2.75) is 52.5 Å². The number of imide groups is 1. The van der Waals surface area contributed by atoms with Crippen molar-refractivity contribution in [2.75, 3.05) is 13.2 Å². The highest BCUT2D eigenvalue weighted by atomic mass is 16.3. The highest BCUT2D eigenvalue weighted by Gasteiger charge is 2.32. The molecule has 0 spiro atoms. The summed E-state index contributed by atoms with van der Waals surface area (Å²) in [5.74, 6) is -2.69. The maximum Gasteiger partial charge on any atom is 0.254 e. The SMILES string of the molecule is CCCCCN(C(=O)CO)C(=O)[C@@H](NC(=O)c1cccc(C(N)=O)c1)C(C)CC. The first-order chi connectivity index (χ1) is 13.8. The Bertz CT molecular complexity index is 735. The Balaban J connectivity index is 3.09. The quantitative estimate of drug-likeness (QED) is 0.480. The molecule has 0 aliphatic carbocycles. The van der Waals surface area contributed by atoms with E-state index in [0.717, 1.165) is 17.7 Å². The Hall–Kier alpha value is -2.74. The number of unbranched alkanes of at least 4 members (excludes halogenated alkanes) is 2.